The Kier molecular flexibility index (Phi) is 3.82. The number of nitrogens with zero attached hydrogens (tertiary/aromatic N) is 3. The minimum absolute atomic E-state index is 0.116. The van der Waals surface area contributed by atoms with Crippen LogP contribution in [0.25, 0.3) is 17.6 Å². The van der Waals surface area contributed by atoms with Crippen molar-refractivity contribution in [2.75, 3.05) is 0 Å². The van der Waals surface area contributed by atoms with Gasteiger partial charge in [0.2, 0.25) is 17.6 Å². The number of rotatable bonds is 5. The van der Waals surface area contributed by atoms with E-state index in [0.717, 1.165) is 0 Å². The van der Waals surface area contributed by atoms with Crippen LogP contribution in [0.4, 0.5) is 0 Å². The monoisotopic (exact) mass is 300 g/mol. The van der Waals surface area contributed by atoms with Gasteiger partial charge in [0, 0.05) is 12.1 Å². The summed E-state index contributed by atoms with van der Waals surface area (Å²) in [6.07, 6.45) is 4.45. The molecule has 0 bridgehead atoms. The molecule has 8 nitrogen and oxygen atoms in total. The van der Waals surface area contributed by atoms with Crippen LogP contribution in [0.1, 0.15) is 17.4 Å². The van der Waals surface area contributed by atoms with E-state index in [4.69, 9.17) is 13.5 Å². The molecule has 1 N–H and O–H groups in total. The van der Waals surface area contributed by atoms with Crippen molar-refractivity contribution >= 4 is 12.0 Å². The van der Waals surface area contributed by atoms with E-state index in [1.165, 1.54) is 12.3 Å². The summed E-state index contributed by atoms with van der Waals surface area (Å²) in [6, 6.07) is 5.18. The molecule has 3 aromatic rings. The van der Waals surface area contributed by atoms with Crippen molar-refractivity contribution in [3.05, 3.63) is 47.9 Å². The van der Waals surface area contributed by atoms with Gasteiger partial charge in [-0.25, -0.2) is 0 Å². The van der Waals surface area contributed by atoms with Gasteiger partial charge in [-0.2, -0.15) is 4.98 Å². The standard InChI is InChI=1S/C14H12N4O4/c1-9-7-11(17-21-9)14-16-13(22-18-14)8-15-12(19)5-4-10-3-2-6-20-10/h2-7H,8H2,1H3,(H,15,19)/b5-4+. The second kappa shape index (κ2) is 6.08. The highest BCUT2D eigenvalue weighted by Gasteiger charge is 2.12. The molecule has 0 aliphatic rings. The van der Waals surface area contributed by atoms with Crippen LogP contribution in [0.15, 0.2) is 44.0 Å². The van der Waals surface area contributed by atoms with E-state index in [0.29, 0.717) is 23.0 Å². The molecule has 3 rings (SSSR count). The number of hydrogen-bond donors (Lipinski definition) is 1. The number of aromatic nitrogens is 3. The third kappa shape index (κ3) is 3.29. The maximum atomic E-state index is 11.6. The largest absolute Gasteiger partial charge is 0.465 e. The molecule has 0 unspecified atom stereocenters. The van der Waals surface area contributed by atoms with Crippen LogP contribution in [0, 0.1) is 6.92 Å². The second-order valence-corrected chi connectivity index (χ2v) is 4.40. The van der Waals surface area contributed by atoms with Gasteiger partial charge in [-0.3, -0.25) is 4.79 Å². The summed E-state index contributed by atoms with van der Waals surface area (Å²) in [5.74, 6) is 1.53. The molecule has 3 heterocycles. The molecule has 8 heteroatoms. The Labute approximate surface area is 124 Å². The summed E-state index contributed by atoms with van der Waals surface area (Å²) >= 11 is 0. The highest BCUT2D eigenvalue weighted by molar-refractivity contribution is 5.91. The maximum absolute atomic E-state index is 11.6. The fourth-order valence-electron chi connectivity index (χ4n) is 1.67. The number of hydrogen-bond acceptors (Lipinski definition) is 7. The van der Waals surface area contributed by atoms with Crippen LogP contribution in [0.2, 0.25) is 0 Å². The molecule has 0 saturated carbocycles. The van der Waals surface area contributed by atoms with Crippen molar-refractivity contribution in [3.63, 3.8) is 0 Å². The minimum atomic E-state index is -0.298. The van der Waals surface area contributed by atoms with Gasteiger partial charge >= 0.3 is 0 Å². The van der Waals surface area contributed by atoms with Crippen LogP contribution < -0.4 is 5.32 Å². The first-order chi connectivity index (χ1) is 10.7. The lowest BCUT2D eigenvalue weighted by Crippen LogP contribution is -2.20. The first-order valence-corrected chi connectivity index (χ1v) is 6.46. The Bertz CT molecular complexity index is 785. The van der Waals surface area contributed by atoms with Gasteiger partial charge in [0.15, 0.2) is 5.69 Å². The van der Waals surface area contributed by atoms with Crippen molar-refractivity contribution in [2.45, 2.75) is 13.5 Å². The first-order valence-electron chi connectivity index (χ1n) is 6.46. The van der Waals surface area contributed by atoms with Crippen molar-refractivity contribution < 1.29 is 18.3 Å². The van der Waals surface area contributed by atoms with E-state index in [2.05, 4.69) is 20.6 Å². The van der Waals surface area contributed by atoms with Crippen molar-refractivity contribution in [3.8, 4) is 11.5 Å². The number of aryl methyl sites for hydroxylation is 1. The normalized spacial score (nSPS) is 11.1. The number of amides is 1. The van der Waals surface area contributed by atoms with Crippen LogP contribution >= 0.6 is 0 Å². The zero-order chi connectivity index (χ0) is 15.4. The first kappa shape index (κ1) is 13.8. The van der Waals surface area contributed by atoms with E-state index in [1.807, 2.05) is 0 Å². The van der Waals surface area contributed by atoms with Gasteiger partial charge in [0.25, 0.3) is 0 Å². The minimum Gasteiger partial charge on any atom is -0.465 e. The van der Waals surface area contributed by atoms with E-state index >= 15 is 0 Å². The summed E-state index contributed by atoms with van der Waals surface area (Å²) in [7, 11) is 0. The Morgan fingerprint density at radius 1 is 1.36 bits per heavy atom. The molecule has 3 aromatic heterocycles. The third-order valence-corrected chi connectivity index (χ3v) is 2.68. The fourth-order valence-corrected chi connectivity index (χ4v) is 1.67. The Morgan fingerprint density at radius 3 is 3.00 bits per heavy atom. The highest BCUT2D eigenvalue weighted by Crippen LogP contribution is 2.14. The summed E-state index contributed by atoms with van der Waals surface area (Å²) in [4.78, 5) is 15.8. The van der Waals surface area contributed by atoms with Crippen molar-refractivity contribution in [1.82, 2.24) is 20.6 Å². The molecule has 0 fully saturated rings. The van der Waals surface area contributed by atoms with Gasteiger partial charge in [-0.05, 0) is 25.1 Å². The number of furan rings is 1. The summed E-state index contributed by atoms with van der Waals surface area (Å²) in [5, 5.41) is 10.2. The van der Waals surface area contributed by atoms with Gasteiger partial charge in [0.05, 0.1) is 12.8 Å². The van der Waals surface area contributed by atoms with Gasteiger partial charge in [-0.1, -0.05) is 10.3 Å². The van der Waals surface area contributed by atoms with E-state index in [9.17, 15) is 4.79 Å². The lowest BCUT2D eigenvalue weighted by Gasteiger charge is -1.95. The summed E-state index contributed by atoms with van der Waals surface area (Å²) in [6.45, 7) is 1.88. The number of carbonyl (C=O) groups excluding carboxylic acids is 1. The van der Waals surface area contributed by atoms with Crippen LogP contribution in [-0.4, -0.2) is 21.2 Å². The zero-order valence-electron chi connectivity index (χ0n) is 11.6. The van der Waals surface area contributed by atoms with Crippen molar-refractivity contribution in [1.29, 1.82) is 0 Å². The van der Waals surface area contributed by atoms with Gasteiger partial charge in [0.1, 0.15) is 11.5 Å². The van der Waals surface area contributed by atoms with E-state index in [-0.39, 0.29) is 18.3 Å². The van der Waals surface area contributed by atoms with Crippen LogP contribution in [-0.2, 0) is 11.3 Å². The fraction of sp³-hybridized carbons (Fsp3) is 0.143. The third-order valence-electron chi connectivity index (χ3n) is 2.68. The Morgan fingerprint density at radius 2 is 2.27 bits per heavy atom. The van der Waals surface area contributed by atoms with Gasteiger partial charge < -0.3 is 18.8 Å². The average molecular weight is 300 g/mol. The predicted octanol–water partition coefficient (Wildman–Crippen LogP) is 1.96. The smallest absolute Gasteiger partial charge is 0.246 e. The molecule has 0 radical (unpaired) electrons. The van der Waals surface area contributed by atoms with Crippen LogP contribution in [0.3, 0.4) is 0 Å². The molecule has 0 aromatic carbocycles. The predicted molar refractivity (Wildman–Crippen MR) is 74.1 cm³/mol. The molecule has 22 heavy (non-hydrogen) atoms. The quantitative estimate of drug-likeness (QED) is 0.717. The topological polar surface area (TPSA) is 107 Å². The molecule has 1 amide bonds. The van der Waals surface area contributed by atoms with Gasteiger partial charge in [-0.15, -0.1) is 0 Å². The SMILES string of the molecule is Cc1cc(-c2noc(CNC(=O)/C=C/c3ccco3)n2)no1. The number of carbonyl (C=O) groups is 1. The lowest BCUT2D eigenvalue weighted by molar-refractivity contribution is -0.116. The molecule has 0 atom stereocenters. The Balaban J connectivity index is 1.55. The maximum Gasteiger partial charge on any atom is 0.246 e. The molecular formula is C14H12N4O4. The lowest BCUT2D eigenvalue weighted by atomic mass is 10.3. The summed E-state index contributed by atoms with van der Waals surface area (Å²) in [5.41, 5.74) is 0.483. The van der Waals surface area contributed by atoms with E-state index < -0.39 is 0 Å². The average Bonchev–Trinajstić information content (AvgIpc) is 3.24. The second-order valence-electron chi connectivity index (χ2n) is 4.40. The van der Waals surface area contributed by atoms with E-state index in [1.54, 1.807) is 31.2 Å². The zero-order valence-corrected chi connectivity index (χ0v) is 11.6. The molecule has 0 aliphatic carbocycles. The molecule has 0 spiro atoms. The molecule has 0 aliphatic heterocycles. The van der Waals surface area contributed by atoms with Crippen molar-refractivity contribution in [2.24, 2.45) is 0 Å². The highest BCUT2D eigenvalue weighted by atomic mass is 16.5. The summed E-state index contributed by atoms with van der Waals surface area (Å²) < 4.78 is 15.0. The molecule has 112 valence electrons. The molecule has 0 saturated heterocycles. The Hall–Kier alpha value is -3.16. The number of nitrogens with one attached hydrogen (secondary N) is 1. The van der Waals surface area contributed by atoms with Crippen LogP contribution in [0.5, 0.6) is 0 Å². The molecular weight excluding hydrogens is 288 g/mol.